The Hall–Kier alpha value is -2.48. The first-order chi connectivity index (χ1) is 14.6. The molecule has 0 spiro atoms. The maximum atomic E-state index is 14.0. The monoisotopic (exact) mass is 424 g/mol. The van der Waals surface area contributed by atoms with Crippen LogP contribution in [0.1, 0.15) is 12.0 Å². The minimum absolute atomic E-state index is 0.273. The lowest BCUT2D eigenvalue weighted by atomic mass is 10.1. The third kappa shape index (κ3) is 3.47. The van der Waals surface area contributed by atoms with Crippen LogP contribution in [0.15, 0.2) is 47.5 Å². The number of hydrogen-bond donors (Lipinski definition) is 1. The smallest absolute Gasteiger partial charge is 0.140 e. The topological polar surface area (TPSA) is 40.1 Å². The molecule has 0 amide bonds. The Balaban J connectivity index is 1.63. The maximum absolute atomic E-state index is 14.0. The van der Waals surface area contributed by atoms with Crippen LogP contribution in [0.2, 0.25) is 0 Å². The van der Waals surface area contributed by atoms with E-state index in [1.54, 1.807) is 24.5 Å². The van der Waals surface area contributed by atoms with Crippen molar-refractivity contribution in [3.05, 3.63) is 53.8 Å². The van der Waals surface area contributed by atoms with Crippen molar-refractivity contribution >= 4 is 43.6 Å². The maximum Gasteiger partial charge on any atom is 0.140 e. The number of halogens is 1. The predicted octanol–water partition coefficient (Wildman–Crippen LogP) is 4.83. The van der Waals surface area contributed by atoms with Crippen LogP contribution in [0.25, 0.3) is 10.1 Å². The van der Waals surface area contributed by atoms with E-state index in [0.29, 0.717) is 11.7 Å². The van der Waals surface area contributed by atoms with Crippen molar-refractivity contribution in [2.45, 2.75) is 12.5 Å². The number of fused-ring (bicyclic) bond motifs is 4. The SMILES string of the molecule is COCCC1CN(C2=Nc3cc(F)ccc3Nc3sc4ccccc4c32)CCN1C. The largest absolute Gasteiger partial charge is 0.385 e. The predicted molar refractivity (Wildman–Crippen MR) is 122 cm³/mol. The number of hydrogen-bond acceptors (Lipinski definition) is 6. The molecular weight excluding hydrogens is 399 g/mol. The van der Waals surface area contributed by atoms with Gasteiger partial charge in [-0.25, -0.2) is 9.38 Å². The van der Waals surface area contributed by atoms with Gasteiger partial charge in [0, 0.05) is 55.5 Å². The highest BCUT2D eigenvalue weighted by molar-refractivity contribution is 7.23. The zero-order chi connectivity index (χ0) is 20.7. The van der Waals surface area contributed by atoms with Crippen molar-refractivity contribution in [2.75, 3.05) is 45.7 Å². The summed E-state index contributed by atoms with van der Waals surface area (Å²) in [4.78, 5) is 9.78. The summed E-state index contributed by atoms with van der Waals surface area (Å²) >= 11 is 1.72. The highest BCUT2D eigenvalue weighted by Gasteiger charge is 2.31. The first kappa shape index (κ1) is 19.5. The lowest BCUT2D eigenvalue weighted by molar-refractivity contribution is 0.100. The molecule has 2 aromatic carbocycles. The number of benzene rings is 2. The second-order valence-electron chi connectivity index (χ2n) is 7.89. The molecule has 3 heterocycles. The average Bonchev–Trinajstić information content (AvgIpc) is 3.03. The molecule has 1 atom stereocenters. The molecule has 156 valence electrons. The lowest BCUT2D eigenvalue weighted by Gasteiger charge is -2.41. The van der Waals surface area contributed by atoms with Crippen LogP contribution < -0.4 is 5.32 Å². The van der Waals surface area contributed by atoms with Crippen LogP contribution in [0.4, 0.5) is 20.8 Å². The van der Waals surface area contributed by atoms with Gasteiger partial charge in [-0.15, -0.1) is 11.3 Å². The van der Waals surface area contributed by atoms with E-state index >= 15 is 0 Å². The van der Waals surface area contributed by atoms with Crippen LogP contribution in [0.3, 0.4) is 0 Å². The molecule has 1 unspecified atom stereocenters. The summed E-state index contributed by atoms with van der Waals surface area (Å²) in [5.41, 5.74) is 2.59. The normalized spacial score (nSPS) is 19.1. The van der Waals surface area contributed by atoms with Crippen LogP contribution >= 0.6 is 11.3 Å². The quantitative estimate of drug-likeness (QED) is 0.654. The number of methoxy groups -OCH3 is 1. The fourth-order valence-corrected chi connectivity index (χ4v) is 5.39. The number of anilines is 2. The number of likely N-dealkylation sites (N-methyl/N-ethyl adjacent to an activating group) is 1. The minimum Gasteiger partial charge on any atom is -0.385 e. The zero-order valence-corrected chi connectivity index (χ0v) is 18.0. The molecule has 2 aliphatic rings. The van der Waals surface area contributed by atoms with Gasteiger partial charge in [-0.3, -0.25) is 4.90 Å². The van der Waals surface area contributed by atoms with Crippen LogP contribution in [-0.2, 0) is 4.74 Å². The van der Waals surface area contributed by atoms with E-state index in [1.165, 1.54) is 22.2 Å². The summed E-state index contributed by atoms with van der Waals surface area (Å²) in [5.74, 6) is 0.653. The summed E-state index contributed by atoms with van der Waals surface area (Å²) in [6.45, 7) is 3.44. The standard InChI is InChI=1S/C23H25FN4OS/c1-27-10-11-28(14-16(27)9-12-29-2)22-21-17-5-3-4-6-20(17)30-23(21)26-18-8-7-15(24)13-19(18)25-22/h3-8,13,16,26H,9-12,14H2,1-2H3. The van der Waals surface area contributed by atoms with E-state index < -0.39 is 0 Å². The van der Waals surface area contributed by atoms with Gasteiger partial charge in [0.15, 0.2) is 0 Å². The Kier molecular flexibility index (Phi) is 5.18. The fraction of sp³-hybridized carbons (Fsp3) is 0.348. The molecule has 30 heavy (non-hydrogen) atoms. The summed E-state index contributed by atoms with van der Waals surface area (Å²) in [5, 5.41) is 5.77. The summed E-state index contributed by atoms with van der Waals surface area (Å²) in [6, 6.07) is 13.6. The first-order valence-corrected chi connectivity index (χ1v) is 11.1. The molecular formula is C23H25FN4OS. The van der Waals surface area contributed by atoms with Crippen LogP contribution in [0.5, 0.6) is 0 Å². The molecule has 2 aliphatic heterocycles. The molecule has 5 rings (SSSR count). The van der Waals surface area contributed by atoms with Crippen molar-refractivity contribution < 1.29 is 9.13 Å². The Morgan fingerprint density at radius 1 is 1.23 bits per heavy atom. The van der Waals surface area contributed by atoms with Gasteiger partial charge in [0.1, 0.15) is 16.7 Å². The number of nitrogens with zero attached hydrogens (tertiary/aromatic N) is 3. The summed E-state index contributed by atoms with van der Waals surface area (Å²) in [6.07, 6.45) is 0.970. The molecule has 1 N–H and O–H groups in total. The zero-order valence-electron chi connectivity index (χ0n) is 17.2. The van der Waals surface area contributed by atoms with Crippen molar-refractivity contribution in [3.8, 4) is 0 Å². The summed E-state index contributed by atoms with van der Waals surface area (Å²) in [7, 11) is 3.92. The average molecular weight is 425 g/mol. The van der Waals surface area contributed by atoms with E-state index in [2.05, 4.69) is 46.4 Å². The molecule has 0 aliphatic carbocycles. The molecule has 1 aromatic heterocycles. The highest BCUT2D eigenvalue weighted by Crippen LogP contribution is 2.43. The third-order valence-electron chi connectivity index (χ3n) is 5.99. The van der Waals surface area contributed by atoms with Gasteiger partial charge >= 0.3 is 0 Å². The molecule has 7 heteroatoms. The molecule has 3 aromatic rings. The summed E-state index contributed by atoms with van der Waals surface area (Å²) < 4.78 is 20.6. The van der Waals surface area contributed by atoms with Gasteiger partial charge in [0.05, 0.1) is 16.9 Å². The van der Waals surface area contributed by atoms with Crippen molar-refractivity contribution in [1.29, 1.82) is 0 Å². The second kappa shape index (κ2) is 7.98. The van der Waals surface area contributed by atoms with Gasteiger partial charge < -0.3 is 15.0 Å². The molecule has 0 saturated carbocycles. The van der Waals surface area contributed by atoms with E-state index in [1.807, 2.05) is 0 Å². The van der Waals surface area contributed by atoms with Gasteiger partial charge in [-0.05, 0) is 31.7 Å². The number of rotatable bonds is 3. The fourth-order valence-electron chi connectivity index (χ4n) is 4.28. The molecule has 5 nitrogen and oxygen atoms in total. The number of thiophene rings is 1. The van der Waals surface area contributed by atoms with Crippen molar-refractivity contribution in [2.24, 2.45) is 4.99 Å². The molecule has 0 radical (unpaired) electrons. The van der Waals surface area contributed by atoms with Crippen LogP contribution in [0, 0.1) is 5.82 Å². The highest BCUT2D eigenvalue weighted by atomic mass is 32.1. The van der Waals surface area contributed by atoms with Gasteiger partial charge in [0.25, 0.3) is 0 Å². The third-order valence-corrected chi connectivity index (χ3v) is 7.07. The van der Waals surface area contributed by atoms with E-state index in [9.17, 15) is 4.39 Å². The Morgan fingerprint density at radius 3 is 2.97 bits per heavy atom. The van der Waals surface area contributed by atoms with Crippen molar-refractivity contribution in [1.82, 2.24) is 9.80 Å². The lowest BCUT2D eigenvalue weighted by Crippen LogP contribution is -2.53. The van der Waals surface area contributed by atoms with Crippen LogP contribution in [-0.4, -0.2) is 62.1 Å². The Bertz CT molecular complexity index is 1110. The van der Waals surface area contributed by atoms with Gasteiger partial charge in [-0.1, -0.05) is 18.2 Å². The Morgan fingerprint density at radius 2 is 2.10 bits per heavy atom. The van der Waals surface area contributed by atoms with Crippen molar-refractivity contribution in [3.63, 3.8) is 0 Å². The minimum atomic E-state index is -0.273. The molecule has 1 fully saturated rings. The Labute approximate surface area is 179 Å². The van der Waals surface area contributed by atoms with E-state index in [-0.39, 0.29) is 5.82 Å². The number of ether oxygens (including phenoxy) is 1. The first-order valence-electron chi connectivity index (χ1n) is 10.3. The number of nitrogens with one attached hydrogen (secondary N) is 1. The number of aliphatic imine (C=N–C) groups is 1. The molecule has 0 bridgehead atoms. The van der Waals surface area contributed by atoms with Gasteiger partial charge in [0.2, 0.25) is 0 Å². The number of amidine groups is 1. The van der Waals surface area contributed by atoms with E-state index in [4.69, 9.17) is 9.73 Å². The van der Waals surface area contributed by atoms with Gasteiger partial charge in [-0.2, -0.15) is 0 Å². The molecule has 1 saturated heterocycles. The number of piperazine rings is 1. The van der Waals surface area contributed by atoms with E-state index in [0.717, 1.165) is 54.7 Å². The second-order valence-corrected chi connectivity index (χ2v) is 8.94.